The lowest BCUT2D eigenvalue weighted by Crippen LogP contribution is -2.05. The SMILES string of the molecule is CC(c1ccccn1)C(Cl)c1cccc(Br)c1Cl. The molecule has 1 heterocycles. The van der Waals surface area contributed by atoms with Crippen LogP contribution in [-0.2, 0) is 0 Å². The van der Waals surface area contributed by atoms with E-state index >= 15 is 0 Å². The van der Waals surface area contributed by atoms with E-state index in [0.717, 1.165) is 15.7 Å². The average molecular weight is 345 g/mol. The van der Waals surface area contributed by atoms with Crippen LogP contribution >= 0.6 is 39.1 Å². The van der Waals surface area contributed by atoms with E-state index in [4.69, 9.17) is 23.2 Å². The van der Waals surface area contributed by atoms with Crippen LogP contribution in [0.15, 0.2) is 47.1 Å². The number of hydrogen-bond acceptors (Lipinski definition) is 1. The summed E-state index contributed by atoms with van der Waals surface area (Å²) < 4.78 is 0.862. The molecule has 0 aliphatic carbocycles. The first-order chi connectivity index (χ1) is 8.61. The Morgan fingerprint density at radius 2 is 1.94 bits per heavy atom. The summed E-state index contributed by atoms with van der Waals surface area (Å²) >= 11 is 16.2. The maximum atomic E-state index is 6.52. The molecule has 0 radical (unpaired) electrons. The van der Waals surface area contributed by atoms with Gasteiger partial charge in [-0.05, 0) is 39.7 Å². The largest absolute Gasteiger partial charge is 0.261 e. The Morgan fingerprint density at radius 1 is 1.17 bits per heavy atom. The summed E-state index contributed by atoms with van der Waals surface area (Å²) in [5.74, 6) is 0.0969. The lowest BCUT2D eigenvalue weighted by Gasteiger charge is -2.19. The molecule has 1 nitrogen and oxygen atoms in total. The van der Waals surface area contributed by atoms with Gasteiger partial charge in [0, 0.05) is 22.3 Å². The molecular formula is C14H12BrCl2N. The summed E-state index contributed by atoms with van der Waals surface area (Å²) in [5, 5.41) is 0.463. The molecule has 0 aliphatic heterocycles. The summed E-state index contributed by atoms with van der Waals surface area (Å²) in [6, 6.07) is 11.6. The maximum Gasteiger partial charge on any atom is 0.0681 e. The summed E-state index contributed by atoms with van der Waals surface area (Å²) in [6.45, 7) is 2.05. The fourth-order valence-corrected chi connectivity index (χ4v) is 2.79. The van der Waals surface area contributed by atoms with Crippen LogP contribution in [0.1, 0.15) is 29.5 Å². The van der Waals surface area contributed by atoms with E-state index in [1.807, 2.05) is 36.4 Å². The first kappa shape index (κ1) is 13.9. The number of rotatable bonds is 3. The zero-order chi connectivity index (χ0) is 13.1. The van der Waals surface area contributed by atoms with Gasteiger partial charge in [-0.3, -0.25) is 4.98 Å². The Labute approximate surface area is 125 Å². The van der Waals surface area contributed by atoms with Gasteiger partial charge in [0.1, 0.15) is 0 Å². The van der Waals surface area contributed by atoms with Gasteiger partial charge in [-0.1, -0.05) is 36.7 Å². The molecule has 0 aliphatic rings. The minimum absolute atomic E-state index is 0.0969. The van der Waals surface area contributed by atoms with Crippen molar-refractivity contribution in [2.75, 3.05) is 0 Å². The molecule has 2 unspecified atom stereocenters. The minimum atomic E-state index is -0.204. The van der Waals surface area contributed by atoms with E-state index in [-0.39, 0.29) is 11.3 Å². The zero-order valence-corrected chi connectivity index (χ0v) is 12.9. The third-order valence-electron chi connectivity index (χ3n) is 2.87. The Kier molecular flexibility index (Phi) is 4.66. The zero-order valence-electron chi connectivity index (χ0n) is 9.78. The highest BCUT2D eigenvalue weighted by molar-refractivity contribution is 9.10. The molecule has 0 saturated heterocycles. The van der Waals surface area contributed by atoms with Crippen molar-refractivity contribution in [2.45, 2.75) is 18.2 Å². The highest BCUT2D eigenvalue weighted by Gasteiger charge is 2.22. The lowest BCUT2D eigenvalue weighted by atomic mass is 9.97. The third kappa shape index (κ3) is 2.87. The second-order valence-electron chi connectivity index (χ2n) is 4.09. The van der Waals surface area contributed by atoms with E-state index in [1.54, 1.807) is 6.20 Å². The van der Waals surface area contributed by atoms with Crippen LogP contribution in [0.2, 0.25) is 5.02 Å². The first-order valence-corrected chi connectivity index (χ1v) is 7.21. The molecule has 0 spiro atoms. The van der Waals surface area contributed by atoms with Crippen molar-refractivity contribution in [1.29, 1.82) is 0 Å². The van der Waals surface area contributed by atoms with E-state index in [1.165, 1.54) is 0 Å². The van der Waals surface area contributed by atoms with Crippen molar-refractivity contribution >= 4 is 39.1 Å². The number of nitrogens with zero attached hydrogens (tertiary/aromatic N) is 1. The highest BCUT2D eigenvalue weighted by atomic mass is 79.9. The average Bonchev–Trinajstić information content (AvgIpc) is 2.41. The summed E-state index contributed by atoms with van der Waals surface area (Å²) in [6.07, 6.45) is 1.78. The molecule has 0 saturated carbocycles. The molecule has 4 heteroatoms. The van der Waals surface area contributed by atoms with Gasteiger partial charge in [-0.25, -0.2) is 0 Å². The number of halogens is 3. The maximum absolute atomic E-state index is 6.52. The van der Waals surface area contributed by atoms with Crippen molar-refractivity contribution in [3.63, 3.8) is 0 Å². The molecule has 1 aromatic carbocycles. The Morgan fingerprint density at radius 3 is 2.61 bits per heavy atom. The van der Waals surface area contributed by atoms with Gasteiger partial charge >= 0.3 is 0 Å². The van der Waals surface area contributed by atoms with Crippen molar-refractivity contribution in [2.24, 2.45) is 0 Å². The van der Waals surface area contributed by atoms with Crippen LogP contribution in [0.5, 0.6) is 0 Å². The molecule has 2 rings (SSSR count). The molecule has 2 aromatic rings. The van der Waals surface area contributed by atoms with Crippen molar-refractivity contribution in [3.8, 4) is 0 Å². The van der Waals surface area contributed by atoms with Crippen LogP contribution in [0.4, 0.5) is 0 Å². The Balaban J connectivity index is 2.31. The van der Waals surface area contributed by atoms with Crippen LogP contribution in [-0.4, -0.2) is 4.98 Å². The van der Waals surface area contributed by atoms with E-state index < -0.39 is 0 Å². The van der Waals surface area contributed by atoms with Crippen molar-refractivity contribution in [1.82, 2.24) is 4.98 Å². The van der Waals surface area contributed by atoms with E-state index in [2.05, 4.69) is 27.8 Å². The van der Waals surface area contributed by atoms with Crippen molar-refractivity contribution < 1.29 is 0 Å². The van der Waals surface area contributed by atoms with E-state index in [0.29, 0.717) is 5.02 Å². The number of aromatic nitrogens is 1. The van der Waals surface area contributed by atoms with E-state index in [9.17, 15) is 0 Å². The second-order valence-corrected chi connectivity index (χ2v) is 5.79. The molecule has 2 atom stereocenters. The molecule has 0 fully saturated rings. The van der Waals surface area contributed by atoms with Gasteiger partial charge in [0.25, 0.3) is 0 Å². The number of hydrogen-bond donors (Lipinski definition) is 0. The summed E-state index contributed by atoms with van der Waals surface area (Å²) in [4.78, 5) is 4.34. The minimum Gasteiger partial charge on any atom is -0.261 e. The topological polar surface area (TPSA) is 12.9 Å². The molecule has 1 aromatic heterocycles. The molecule has 0 bridgehead atoms. The van der Waals surface area contributed by atoms with Crippen LogP contribution < -0.4 is 0 Å². The molecule has 0 amide bonds. The fourth-order valence-electron chi connectivity index (χ4n) is 1.80. The first-order valence-electron chi connectivity index (χ1n) is 5.60. The van der Waals surface area contributed by atoms with Gasteiger partial charge in [-0.2, -0.15) is 0 Å². The summed E-state index contributed by atoms with van der Waals surface area (Å²) in [7, 11) is 0. The molecular weight excluding hydrogens is 333 g/mol. The predicted molar refractivity (Wildman–Crippen MR) is 80.4 cm³/mol. The van der Waals surface area contributed by atoms with Crippen LogP contribution in [0.3, 0.4) is 0 Å². The number of pyridine rings is 1. The number of benzene rings is 1. The second kappa shape index (κ2) is 6.05. The van der Waals surface area contributed by atoms with Gasteiger partial charge in [0.05, 0.1) is 10.4 Å². The van der Waals surface area contributed by atoms with Gasteiger partial charge in [0.2, 0.25) is 0 Å². The lowest BCUT2D eigenvalue weighted by molar-refractivity contribution is 0.706. The Bertz CT molecular complexity index is 531. The van der Waals surface area contributed by atoms with Gasteiger partial charge in [0.15, 0.2) is 0 Å². The molecule has 18 heavy (non-hydrogen) atoms. The fraction of sp³-hybridized carbons (Fsp3) is 0.214. The highest BCUT2D eigenvalue weighted by Crippen LogP contribution is 2.40. The standard InChI is InChI=1S/C14H12BrCl2N/c1-9(12-7-2-3-8-18-12)13(16)10-5-4-6-11(15)14(10)17/h2-9,13H,1H3. The smallest absolute Gasteiger partial charge is 0.0681 e. The molecule has 0 N–H and O–H groups in total. The quantitative estimate of drug-likeness (QED) is 0.662. The number of alkyl halides is 1. The van der Waals surface area contributed by atoms with Crippen molar-refractivity contribution in [3.05, 3.63) is 63.3 Å². The van der Waals surface area contributed by atoms with Gasteiger partial charge < -0.3 is 0 Å². The van der Waals surface area contributed by atoms with Crippen LogP contribution in [0.25, 0.3) is 0 Å². The third-order valence-corrected chi connectivity index (χ3v) is 4.80. The molecule has 94 valence electrons. The normalized spacial score (nSPS) is 14.2. The Hall–Kier alpha value is -0.570. The van der Waals surface area contributed by atoms with Gasteiger partial charge in [-0.15, -0.1) is 11.6 Å². The monoisotopic (exact) mass is 343 g/mol. The van der Waals surface area contributed by atoms with Crippen LogP contribution in [0, 0.1) is 0 Å². The summed E-state index contributed by atoms with van der Waals surface area (Å²) in [5.41, 5.74) is 1.89. The predicted octanol–water partition coefficient (Wildman–Crippen LogP) is 5.58.